The number of pyridine rings is 1. The average molecular weight is 450 g/mol. The van der Waals surface area contributed by atoms with Gasteiger partial charge in [0, 0.05) is 31.4 Å². The molecule has 0 amide bonds. The van der Waals surface area contributed by atoms with Gasteiger partial charge in [0.05, 0.1) is 25.0 Å². The van der Waals surface area contributed by atoms with Crippen LogP contribution in [0.1, 0.15) is 11.7 Å². The van der Waals surface area contributed by atoms with Crippen molar-refractivity contribution in [1.29, 1.82) is 0 Å². The molecule has 4 rings (SSSR count). The molecule has 0 bridgehead atoms. The van der Waals surface area contributed by atoms with Crippen LogP contribution in [0.15, 0.2) is 53.6 Å². The summed E-state index contributed by atoms with van der Waals surface area (Å²) in [5.74, 6) is -0.598. The van der Waals surface area contributed by atoms with Crippen molar-refractivity contribution in [1.82, 2.24) is 14.5 Å². The molecule has 3 aromatic rings. The Morgan fingerprint density at radius 2 is 1.94 bits per heavy atom. The molecule has 0 unspecified atom stereocenters. The first-order valence-corrected chi connectivity index (χ1v) is 9.61. The summed E-state index contributed by atoms with van der Waals surface area (Å²) in [4.78, 5) is 22.5. The largest absolute Gasteiger partial charge is 0.573 e. The topological polar surface area (TPSA) is 69.5 Å². The van der Waals surface area contributed by atoms with E-state index in [9.17, 15) is 22.4 Å². The maximum Gasteiger partial charge on any atom is 0.573 e. The highest BCUT2D eigenvalue weighted by Crippen LogP contribution is 2.29. The van der Waals surface area contributed by atoms with Gasteiger partial charge in [-0.1, -0.05) is 12.1 Å². The highest BCUT2D eigenvalue weighted by atomic mass is 19.4. The Balaban J connectivity index is 1.60. The molecular weight excluding hydrogens is 432 g/mol. The summed E-state index contributed by atoms with van der Waals surface area (Å²) >= 11 is 0. The van der Waals surface area contributed by atoms with Crippen LogP contribution in [-0.2, 0) is 11.8 Å². The zero-order valence-corrected chi connectivity index (χ0v) is 16.8. The quantitative estimate of drug-likeness (QED) is 0.568. The number of aromatic nitrogens is 3. The van der Waals surface area contributed by atoms with Gasteiger partial charge in [-0.25, -0.2) is 9.37 Å². The van der Waals surface area contributed by atoms with Crippen molar-refractivity contribution in [3.63, 3.8) is 0 Å². The van der Waals surface area contributed by atoms with Crippen LogP contribution in [0.2, 0.25) is 0 Å². The lowest BCUT2D eigenvalue weighted by Gasteiger charge is -2.34. The summed E-state index contributed by atoms with van der Waals surface area (Å²) in [6.45, 7) is 1.02. The third-order valence-corrected chi connectivity index (χ3v) is 4.99. The van der Waals surface area contributed by atoms with Crippen molar-refractivity contribution < 1.29 is 27.0 Å². The van der Waals surface area contributed by atoms with Crippen LogP contribution in [0.25, 0.3) is 11.3 Å². The van der Waals surface area contributed by atoms with Gasteiger partial charge in [0.25, 0.3) is 5.56 Å². The van der Waals surface area contributed by atoms with E-state index >= 15 is 0 Å². The number of morpholine rings is 1. The monoisotopic (exact) mass is 450 g/mol. The number of rotatable bonds is 4. The maximum atomic E-state index is 14.2. The van der Waals surface area contributed by atoms with Gasteiger partial charge in [0.15, 0.2) is 5.82 Å². The van der Waals surface area contributed by atoms with Crippen molar-refractivity contribution in [2.75, 3.05) is 24.6 Å². The molecule has 2 aromatic heterocycles. The highest BCUT2D eigenvalue weighted by Gasteiger charge is 2.31. The molecule has 11 heteroatoms. The van der Waals surface area contributed by atoms with Gasteiger partial charge in [-0.2, -0.15) is 0 Å². The Bertz CT molecular complexity index is 1160. The van der Waals surface area contributed by atoms with Crippen LogP contribution in [0, 0.1) is 5.82 Å². The lowest BCUT2D eigenvalue weighted by molar-refractivity contribution is -0.274. The van der Waals surface area contributed by atoms with Crippen molar-refractivity contribution in [3.8, 4) is 17.0 Å². The zero-order chi connectivity index (χ0) is 22.9. The molecule has 1 aliphatic heterocycles. The fourth-order valence-corrected chi connectivity index (χ4v) is 3.45. The molecule has 3 heterocycles. The molecular formula is C21H18F4N4O3. The van der Waals surface area contributed by atoms with E-state index in [1.54, 1.807) is 7.05 Å². The smallest absolute Gasteiger partial charge is 0.406 e. The second kappa shape index (κ2) is 8.58. The first kappa shape index (κ1) is 21.8. The van der Waals surface area contributed by atoms with Crippen LogP contribution >= 0.6 is 0 Å². The number of nitrogens with zero attached hydrogens (tertiary/aromatic N) is 4. The van der Waals surface area contributed by atoms with Crippen molar-refractivity contribution in [3.05, 3.63) is 70.5 Å². The molecule has 0 N–H and O–H groups in total. The molecule has 0 saturated carbocycles. The molecule has 32 heavy (non-hydrogen) atoms. The minimum atomic E-state index is -4.77. The second-order valence-electron chi connectivity index (χ2n) is 7.12. The summed E-state index contributed by atoms with van der Waals surface area (Å²) in [5.41, 5.74) is 0.618. The van der Waals surface area contributed by atoms with Crippen molar-refractivity contribution in [2.24, 2.45) is 7.05 Å². The third-order valence-electron chi connectivity index (χ3n) is 4.99. The lowest BCUT2D eigenvalue weighted by atomic mass is 10.1. The first-order chi connectivity index (χ1) is 15.2. The molecule has 1 aliphatic rings. The van der Waals surface area contributed by atoms with Crippen molar-refractivity contribution in [2.45, 2.75) is 12.5 Å². The Kier molecular flexibility index (Phi) is 5.83. The molecule has 1 saturated heterocycles. The maximum absolute atomic E-state index is 14.2. The molecule has 7 nitrogen and oxygen atoms in total. The molecule has 1 fully saturated rings. The first-order valence-electron chi connectivity index (χ1n) is 9.61. The fourth-order valence-electron chi connectivity index (χ4n) is 3.45. The number of benzene rings is 1. The number of hydrogen-bond acceptors (Lipinski definition) is 6. The van der Waals surface area contributed by atoms with E-state index in [0.717, 1.165) is 6.20 Å². The minimum Gasteiger partial charge on any atom is -0.406 e. The molecule has 0 aliphatic carbocycles. The third kappa shape index (κ3) is 4.72. The standard InChI is InChI=1S/C21H18F4N4O3/c1-28-19(30)10-17(15-6-7-26-11-16(15)22)27-20(28)29-8-9-31-18(12-29)13-2-4-14(5-3-13)32-21(23,24)25/h2-7,10-11,18H,8-9,12H2,1H3/t18-/m1/s1. The SMILES string of the molecule is Cn1c(N2CCO[C@@H](c3ccc(OC(F)(F)F)cc3)C2)nc(-c2ccncc2F)cc1=O. The number of hydrogen-bond donors (Lipinski definition) is 0. The molecule has 0 spiro atoms. The van der Waals surface area contributed by atoms with Crippen LogP contribution in [-0.4, -0.2) is 40.6 Å². The lowest BCUT2D eigenvalue weighted by Crippen LogP contribution is -2.41. The number of alkyl halides is 3. The normalized spacial score (nSPS) is 16.8. The molecule has 168 valence electrons. The Morgan fingerprint density at radius 1 is 1.19 bits per heavy atom. The summed E-state index contributed by atoms with van der Waals surface area (Å²) in [6, 6.07) is 8.10. The minimum absolute atomic E-state index is 0.156. The highest BCUT2D eigenvalue weighted by molar-refractivity contribution is 5.60. The van der Waals surface area contributed by atoms with Gasteiger partial charge in [-0.3, -0.25) is 14.3 Å². The molecule has 1 atom stereocenters. The van der Waals surface area contributed by atoms with Gasteiger partial charge >= 0.3 is 6.36 Å². The van der Waals surface area contributed by atoms with Gasteiger partial charge in [-0.05, 0) is 23.8 Å². The van der Waals surface area contributed by atoms with Gasteiger partial charge < -0.3 is 14.4 Å². The average Bonchev–Trinajstić information content (AvgIpc) is 2.75. The Labute approximate surface area is 179 Å². The summed E-state index contributed by atoms with van der Waals surface area (Å²) < 4.78 is 62.3. The number of anilines is 1. The van der Waals surface area contributed by atoms with Crippen LogP contribution in [0.4, 0.5) is 23.5 Å². The predicted molar refractivity (Wildman–Crippen MR) is 107 cm³/mol. The molecule has 0 radical (unpaired) electrons. The van der Waals surface area contributed by atoms with E-state index in [4.69, 9.17) is 4.74 Å². The van der Waals surface area contributed by atoms with E-state index in [0.29, 0.717) is 31.2 Å². The Hall–Kier alpha value is -3.47. The van der Waals surface area contributed by atoms with Gasteiger partial charge in [0.1, 0.15) is 11.9 Å². The van der Waals surface area contributed by atoms with Gasteiger partial charge in [-0.15, -0.1) is 13.2 Å². The van der Waals surface area contributed by atoms with E-state index < -0.39 is 18.3 Å². The zero-order valence-electron chi connectivity index (χ0n) is 16.8. The summed E-state index contributed by atoms with van der Waals surface area (Å²) in [6.07, 6.45) is -2.78. The van der Waals surface area contributed by atoms with Crippen LogP contribution in [0.3, 0.4) is 0 Å². The van der Waals surface area contributed by atoms with E-state index in [1.807, 2.05) is 4.90 Å². The summed E-state index contributed by atoms with van der Waals surface area (Å²) in [7, 11) is 1.56. The van der Waals surface area contributed by atoms with Crippen molar-refractivity contribution >= 4 is 5.95 Å². The van der Waals surface area contributed by atoms with Crippen LogP contribution < -0.4 is 15.2 Å². The number of ether oxygens (including phenoxy) is 2. The Morgan fingerprint density at radius 3 is 2.62 bits per heavy atom. The fraction of sp³-hybridized carbons (Fsp3) is 0.286. The van der Waals surface area contributed by atoms with E-state index in [2.05, 4.69) is 14.7 Å². The number of halogens is 4. The van der Waals surface area contributed by atoms with Gasteiger partial charge in [0.2, 0.25) is 5.95 Å². The van der Waals surface area contributed by atoms with E-state index in [1.165, 1.54) is 47.2 Å². The predicted octanol–water partition coefficient (Wildman–Crippen LogP) is 3.46. The summed E-state index contributed by atoms with van der Waals surface area (Å²) in [5, 5.41) is 0. The van der Waals surface area contributed by atoms with Crippen LogP contribution in [0.5, 0.6) is 5.75 Å². The second-order valence-corrected chi connectivity index (χ2v) is 7.12. The molecule has 1 aromatic carbocycles. The van der Waals surface area contributed by atoms with E-state index in [-0.39, 0.29) is 22.6 Å².